The smallest absolute Gasteiger partial charge is 0.251 e. The average Bonchev–Trinajstić information content (AvgIpc) is 2.60. The number of aromatic hydroxyl groups is 1. The maximum absolute atomic E-state index is 12.0. The third kappa shape index (κ3) is 6.29. The molecule has 0 aliphatic carbocycles. The normalized spacial score (nSPS) is 18.1. The highest BCUT2D eigenvalue weighted by Gasteiger charge is 2.18. The third-order valence-electron chi connectivity index (χ3n) is 4.28. The second-order valence-electron chi connectivity index (χ2n) is 6.59. The maximum Gasteiger partial charge on any atom is 0.251 e. The summed E-state index contributed by atoms with van der Waals surface area (Å²) in [4.78, 5) is 19.0. The monoisotopic (exact) mass is 346 g/mol. The zero-order chi connectivity index (χ0) is 18.1. The van der Waals surface area contributed by atoms with Crippen molar-refractivity contribution in [1.29, 1.82) is 0 Å². The van der Waals surface area contributed by atoms with Gasteiger partial charge in [0.05, 0.1) is 0 Å². The molecule has 25 heavy (non-hydrogen) atoms. The number of benzene rings is 1. The van der Waals surface area contributed by atoms with Gasteiger partial charge in [0, 0.05) is 38.3 Å². The summed E-state index contributed by atoms with van der Waals surface area (Å²) in [5.41, 5.74) is 0.471. The Morgan fingerprint density at radius 1 is 1.40 bits per heavy atom. The molecule has 3 N–H and O–H groups in total. The molecule has 0 bridgehead atoms. The van der Waals surface area contributed by atoms with Crippen molar-refractivity contribution in [2.45, 2.75) is 33.1 Å². The van der Waals surface area contributed by atoms with Crippen LogP contribution >= 0.6 is 0 Å². The zero-order valence-corrected chi connectivity index (χ0v) is 15.3. The number of hydrogen-bond acceptors (Lipinski definition) is 3. The maximum atomic E-state index is 12.0. The van der Waals surface area contributed by atoms with Crippen LogP contribution < -0.4 is 10.6 Å². The molecule has 138 valence electrons. The van der Waals surface area contributed by atoms with E-state index in [-0.39, 0.29) is 11.7 Å². The number of nitrogens with one attached hydrogen (secondary N) is 2. The Hall–Kier alpha value is -2.24. The first-order chi connectivity index (χ1) is 12.1. The molecule has 1 saturated heterocycles. The van der Waals surface area contributed by atoms with E-state index in [0.717, 1.165) is 32.0 Å². The van der Waals surface area contributed by atoms with Crippen molar-refractivity contribution in [3.8, 4) is 5.75 Å². The highest BCUT2D eigenvalue weighted by Crippen LogP contribution is 2.15. The van der Waals surface area contributed by atoms with E-state index in [4.69, 9.17) is 4.99 Å². The van der Waals surface area contributed by atoms with Gasteiger partial charge in [-0.1, -0.05) is 13.0 Å². The van der Waals surface area contributed by atoms with E-state index in [0.29, 0.717) is 24.6 Å². The summed E-state index contributed by atoms with van der Waals surface area (Å²) >= 11 is 0. The van der Waals surface area contributed by atoms with Gasteiger partial charge in [0.15, 0.2) is 5.96 Å². The van der Waals surface area contributed by atoms with Crippen LogP contribution in [0.3, 0.4) is 0 Å². The van der Waals surface area contributed by atoms with Crippen LogP contribution in [-0.2, 0) is 0 Å². The number of guanidine groups is 1. The predicted molar refractivity (Wildman–Crippen MR) is 101 cm³/mol. The Bertz CT molecular complexity index is 589. The molecule has 0 spiro atoms. The van der Waals surface area contributed by atoms with Gasteiger partial charge in [-0.25, -0.2) is 0 Å². The van der Waals surface area contributed by atoms with Crippen molar-refractivity contribution < 1.29 is 9.90 Å². The number of rotatable bonds is 6. The topological polar surface area (TPSA) is 77.0 Å². The number of piperidine rings is 1. The Labute approximate surface area is 150 Å². The fraction of sp³-hybridized carbons (Fsp3) is 0.579. The molecule has 1 heterocycles. The van der Waals surface area contributed by atoms with Gasteiger partial charge in [0.2, 0.25) is 0 Å². The average molecular weight is 346 g/mol. The van der Waals surface area contributed by atoms with E-state index < -0.39 is 0 Å². The van der Waals surface area contributed by atoms with Crippen molar-refractivity contribution in [1.82, 2.24) is 15.5 Å². The predicted octanol–water partition coefficient (Wildman–Crippen LogP) is 2.21. The number of hydrogen-bond donors (Lipinski definition) is 3. The van der Waals surface area contributed by atoms with Gasteiger partial charge in [-0.3, -0.25) is 9.79 Å². The van der Waals surface area contributed by atoms with Crippen molar-refractivity contribution in [3.05, 3.63) is 29.8 Å². The summed E-state index contributed by atoms with van der Waals surface area (Å²) in [5.74, 6) is 1.62. The van der Waals surface area contributed by atoms with Crippen LogP contribution in [0.5, 0.6) is 5.75 Å². The molecule has 6 nitrogen and oxygen atoms in total. The number of phenols is 1. The lowest BCUT2D eigenvalue weighted by Crippen LogP contribution is -2.46. The molecule has 1 aliphatic heterocycles. The van der Waals surface area contributed by atoms with Gasteiger partial charge in [-0.2, -0.15) is 0 Å². The van der Waals surface area contributed by atoms with E-state index in [1.807, 2.05) is 0 Å². The van der Waals surface area contributed by atoms with Crippen molar-refractivity contribution >= 4 is 11.9 Å². The summed E-state index contributed by atoms with van der Waals surface area (Å²) in [7, 11) is 0. The quantitative estimate of drug-likeness (QED) is 0.419. The minimum Gasteiger partial charge on any atom is -0.508 e. The molecule has 2 rings (SSSR count). The number of carbonyl (C=O) groups excluding carboxylic acids is 1. The molecule has 0 radical (unpaired) electrons. The molecule has 6 heteroatoms. The molecule has 1 amide bonds. The summed E-state index contributed by atoms with van der Waals surface area (Å²) in [6.45, 7) is 8.58. The van der Waals surface area contributed by atoms with E-state index in [1.54, 1.807) is 18.2 Å². The lowest BCUT2D eigenvalue weighted by molar-refractivity contribution is 0.0953. The number of nitrogens with zero attached hydrogens (tertiary/aromatic N) is 2. The van der Waals surface area contributed by atoms with Crippen LogP contribution in [-0.4, -0.2) is 54.6 Å². The standard InChI is InChI=1S/C19H30N4O2/c1-3-20-19(23-12-5-7-15(2)14-23)22-11-6-10-21-18(25)16-8-4-9-17(24)13-16/h4,8-9,13,15,24H,3,5-7,10-12,14H2,1-2H3,(H,20,22)(H,21,25). The Morgan fingerprint density at radius 3 is 2.96 bits per heavy atom. The highest BCUT2D eigenvalue weighted by molar-refractivity contribution is 5.94. The van der Waals surface area contributed by atoms with E-state index in [1.165, 1.54) is 18.9 Å². The number of phenolic OH excluding ortho intramolecular Hbond substituents is 1. The van der Waals surface area contributed by atoms with E-state index in [9.17, 15) is 9.90 Å². The second-order valence-corrected chi connectivity index (χ2v) is 6.59. The summed E-state index contributed by atoms with van der Waals surface area (Å²) < 4.78 is 0. The first-order valence-electron chi connectivity index (χ1n) is 9.20. The Morgan fingerprint density at radius 2 is 2.24 bits per heavy atom. The van der Waals surface area contributed by atoms with Crippen molar-refractivity contribution in [2.24, 2.45) is 10.9 Å². The molecule has 1 atom stereocenters. The fourth-order valence-corrected chi connectivity index (χ4v) is 3.02. The van der Waals surface area contributed by atoms with E-state index in [2.05, 4.69) is 29.4 Å². The van der Waals surface area contributed by atoms with Gasteiger partial charge < -0.3 is 20.6 Å². The zero-order valence-electron chi connectivity index (χ0n) is 15.3. The van der Waals surface area contributed by atoms with Crippen LogP contribution in [0, 0.1) is 5.92 Å². The molecule has 0 aromatic heterocycles. The number of amides is 1. The molecule has 0 saturated carbocycles. The van der Waals surface area contributed by atoms with Crippen molar-refractivity contribution in [3.63, 3.8) is 0 Å². The molecular formula is C19H30N4O2. The second kappa shape index (κ2) is 9.91. The van der Waals surface area contributed by atoms with Crippen molar-refractivity contribution in [2.75, 3.05) is 32.7 Å². The van der Waals surface area contributed by atoms with Gasteiger partial charge in [-0.15, -0.1) is 0 Å². The largest absolute Gasteiger partial charge is 0.508 e. The SMILES string of the molecule is CCNC(=NCCCNC(=O)c1cccc(O)c1)N1CCCC(C)C1. The molecule has 1 unspecified atom stereocenters. The van der Waals surface area contributed by atoms with Crippen LogP contribution in [0.15, 0.2) is 29.3 Å². The van der Waals surface area contributed by atoms with Crippen LogP contribution in [0.25, 0.3) is 0 Å². The van der Waals surface area contributed by atoms with Gasteiger partial charge in [0.1, 0.15) is 5.75 Å². The number of carbonyl (C=O) groups is 1. The number of aliphatic imine (C=N–C) groups is 1. The minimum atomic E-state index is -0.170. The lowest BCUT2D eigenvalue weighted by Gasteiger charge is -2.33. The molecule has 1 aliphatic rings. The molecule has 1 fully saturated rings. The summed E-state index contributed by atoms with van der Waals surface area (Å²) in [6.07, 6.45) is 3.28. The van der Waals surface area contributed by atoms with Gasteiger partial charge >= 0.3 is 0 Å². The third-order valence-corrected chi connectivity index (χ3v) is 4.28. The molecule has 1 aromatic carbocycles. The van der Waals surface area contributed by atoms with Crippen LogP contribution in [0.2, 0.25) is 0 Å². The van der Waals surface area contributed by atoms with Gasteiger partial charge in [-0.05, 0) is 50.3 Å². The van der Waals surface area contributed by atoms with E-state index >= 15 is 0 Å². The first-order valence-corrected chi connectivity index (χ1v) is 9.20. The molecular weight excluding hydrogens is 316 g/mol. The summed E-state index contributed by atoms with van der Waals surface area (Å²) in [5, 5.41) is 15.6. The minimum absolute atomic E-state index is 0.100. The first kappa shape index (κ1) is 19.1. The highest BCUT2D eigenvalue weighted by atomic mass is 16.3. The summed E-state index contributed by atoms with van der Waals surface area (Å²) in [6, 6.07) is 6.37. The van der Waals surface area contributed by atoms with Gasteiger partial charge in [0.25, 0.3) is 5.91 Å². The Balaban J connectivity index is 1.76. The fourth-order valence-electron chi connectivity index (χ4n) is 3.02. The lowest BCUT2D eigenvalue weighted by atomic mass is 10.0. The van der Waals surface area contributed by atoms with Crippen LogP contribution in [0.4, 0.5) is 0 Å². The Kier molecular flexibility index (Phi) is 7.57. The molecule has 1 aromatic rings. The number of likely N-dealkylation sites (tertiary alicyclic amines) is 1. The van der Waals surface area contributed by atoms with Crippen LogP contribution in [0.1, 0.15) is 43.5 Å².